The van der Waals surface area contributed by atoms with Crippen molar-refractivity contribution >= 4 is 17.3 Å². The molecule has 0 fully saturated rings. The monoisotopic (exact) mass is 266 g/mol. The second kappa shape index (κ2) is 5.77. The summed E-state index contributed by atoms with van der Waals surface area (Å²) < 4.78 is 5.53. The molecule has 0 aromatic carbocycles. The molecule has 0 spiro atoms. The molecule has 2 aromatic rings. The molecular weight excluding hydrogens is 252 g/mol. The number of aliphatic carboxylic acids is 1. The number of aryl methyl sites for hydroxylation is 2. The van der Waals surface area contributed by atoms with Gasteiger partial charge in [0.2, 0.25) is 5.89 Å². The van der Waals surface area contributed by atoms with Gasteiger partial charge in [-0.3, -0.25) is 4.79 Å². The second-order valence-corrected chi connectivity index (χ2v) is 5.30. The number of hydrogen-bond donors (Lipinski definition) is 1. The fraction of sp³-hybridized carbons (Fsp3) is 0.417. The Morgan fingerprint density at radius 2 is 2.22 bits per heavy atom. The number of aromatic nitrogens is 2. The Hall–Kier alpha value is -1.69. The largest absolute Gasteiger partial charge is 0.481 e. The molecule has 6 heteroatoms. The van der Waals surface area contributed by atoms with E-state index in [2.05, 4.69) is 10.2 Å². The first-order chi connectivity index (χ1) is 8.65. The minimum Gasteiger partial charge on any atom is -0.481 e. The summed E-state index contributed by atoms with van der Waals surface area (Å²) in [5, 5.41) is 16.5. The van der Waals surface area contributed by atoms with Crippen molar-refractivity contribution in [3.05, 3.63) is 22.9 Å². The molecule has 0 atom stereocenters. The summed E-state index contributed by atoms with van der Waals surface area (Å²) in [6.07, 6.45) is 2.19. The predicted molar refractivity (Wildman–Crippen MR) is 67.5 cm³/mol. The van der Waals surface area contributed by atoms with Gasteiger partial charge in [0, 0.05) is 17.7 Å². The fourth-order valence-electron chi connectivity index (χ4n) is 1.56. The van der Waals surface area contributed by atoms with Gasteiger partial charge in [-0.1, -0.05) is 0 Å². The molecule has 96 valence electrons. The number of nitrogens with zero attached hydrogens (tertiary/aromatic N) is 2. The Labute approximate surface area is 108 Å². The highest BCUT2D eigenvalue weighted by Gasteiger charge is 2.10. The van der Waals surface area contributed by atoms with Gasteiger partial charge in [-0.15, -0.1) is 21.5 Å². The molecule has 18 heavy (non-hydrogen) atoms. The average molecular weight is 266 g/mol. The van der Waals surface area contributed by atoms with E-state index in [0.717, 1.165) is 11.3 Å². The molecule has 0 saturated heterocycles. The third kappa shape index (κ3) is 3.40. The van der Waals surface area contributed by atoms with E-state index in [0.29, 0.717) is 24.6 Å². The topological polar surface area (TPSA) is 76.2 Å². The predicted octanol–water partition coefficient (Wildman–Crippen LogP) is 2.90. The maximum absolute atomic E-state index is 10.4. The van der Waals surface area contributed by atoms with Crippen molar-refractivity contribution in [1.82, 2.24) is 10.2 Å². The van der Waals surface area contributed by atoms with Gasteiger partial charge in [-0.05, 0) is 31.9 Å². The van der Waals surface area contributed by atoms with Gasteiger partial charge in [0.15, 0.2) is 0 Å². The minimum absolute atomic E-state index is 0.186. The Bertz CT molecular complexity index is 533. The summed E-state index contributed by atoms with van der Waals surface area (Å²) >= 11 is 1.61. The van der Waals surface area contributed by atoms with Gasteiger partial charge >= 0.3 is 5.97 Å². The number of rotatable bonds is 6. The van der Waals surface area contributed by atoms with Crippen molar-refractivity contribution in [1.29, 1.82) is 0 Å². The molecule has 0 unspecified atom stereocenters. The average Bonchev–Trinajstić information content (AvgIpc) is 2.93. The molecule has 2 heterocycles. The quantitative estimate of drug-likeness (QED) is 0.813. The van der Waals surface area contributed by atoms with Crippen molar-refractivity contribution in [2.75, 3.05) is 0 Å². The van der Waals surface area contributed by atoms with Crippen LogP contribution in [-0.2, 0) is 11.2 Å². The number of carboxylic acids is 1. The van der Waals surface area contributed by atoms with E-state index in [1.165, 1.54) is 4.88 Å². The van der Waals surface area contributed by atoms with E-state index < -0.39 is 5.97 Å². The third-order valence-electron chi connectivity index (χ3n) is 2.45. The molecule has 2 aromatic heterocycles. The fourth-order valence-corrected chi connectivity index (χ4v) is 2.34. The van der Waals surface area contributed by atoms with Crippen LogP contribution in [0.15, 0.2) is 16.5 Å². The first-order valence-corrected chi connectivity index (χ1v) is 6.58. The van der Waals surface area contributed by atoms with Crippen molar-refractivity contribution < 1.29 is 14.3 Å². The molecule has 0 aliphatic rings. The van der Waals surface area contributed by atoms with E-state index >= 15 is 0 Å². The maximum Gasteiger partial charge on any atom is 0.303 e. The Balaban J connectivity index is 1.88. The van der Waals surface area contributed by atoms with Crippen LogP contribution >= 0.6 is 11.3 Å². The number of hydrogen-bond acceptors (Lipinski definition) is 5. The number of thiophene rings is 1. The van der Waals surface area contributed by atoms with E-state index in [-0.39, 0.29) is 6.42 Å². The van der Waals surface area contributed by atoms with Crippen LogP contribution in [-0.4, -0.2) is 21.3 Å². The highest BCUT2D eigenvalue weighted by atomic mass is 32.1. The summed E-state index contributed by atoms with van der Waals surface area (Å²) in [7, 11) is 0. The first kappa shape index (κ1) is 12.8. The SMILES string of the molecule is Cc1ccc(-c2nnc(CCCCC(=O)O)o2)s1. The molecule has 0 amide bonds. The van der Waals surface area contributed by atoms with Crippen LogP contribution in [0.5, 0.6) is 0 Å². The van der Waals surface area contributed by atoms with E-state index in [4.69, 9.17) is 9.52 Å². The van der Waals surface area contributed by atoms with Crippen LogP contribution in [0.2, 0.25) is 0 Å². The number of unbranched alkanes of at least 4 members (excludes halogenated alkanes) is 1. The summed E-state index contributed by atoms with van der Waals surface area (Å²) in [6, 6.07) is 3.97. The Morgan fingerprint density at radius 3 is 2.89 bits per heavy atom. The van der Waals surface area contributed by atoms with E-state index in [1.54, 1.807) is 11.3 Å². The summed E-state index contributed by atoms with van der Waals surface area (Å²) in [4.78, 5) is 12.5. The smallest absolute Gasteiger partial charge is 0.303 e. The highest BCUT2D eigenvalue weighted by molar-refractivity contribution is 7.15. The van der Waals surface area contributed by atoms with Gasteiger partial charge < -0.3 is 9.52 Å². The van der Waals surface area contributed by atoms with Gasteiger partial charge in [0.1, 0.15) is 0 Å². The van der Waals surface area contributed by atoms with Crippen molar-refractivity contribution in [2.45, 2.75) is 32.6 Å². The molecule has 2 rings (SSSR count). The van der Waals surface area contributed by atoms with Crippen LogP contribution in [0, 0.1) is 6.92 Å². The number of carbonyl (C=O) groups is 1. The molecule has 0 aliphatic carbocycles. The molecule has 0 aliphatic heterocycles. The second-order valence-electron chi connectivity index (χ2n) is 4.01. The molecule has 0 saturated carbocycles. The third-order valence-corrected chi connectivity index (χ3v) is 3.44. The Kier molecular flexibility index (Phi) is 4.09. The zero-order valence-corrected chi connectivity index (χ0v) is 10.9. The Morgan fingerprint density at radius 1 is 1.39 bits per heavy atom. The van der Waals surface area contributed by atoms with E-state index in [1.807, 2.05) is 19.1 Å². The zero-order valence-electron chi connectivity index (χ0n) is 10.0. The van der Waals surface area contributed by atoms with Crippen molar-refractivity contribution in [3.8, 4) is 10.8 Å². The van der Waals surface area contributed by atoms with Crippen LogP contribution in [0.1, 0.15) is 30.0 Å². The van der Waals surface area contributed by atoms with Crippen LogP contribution in [0.4, 0.5) is 0 Å². The van der Waals surface area contributed by atoms with Gasteiger partial charge in [0.25, 0.3) is 5.89 Å². The van der Waals surface area contributed by atoms with Crippen LogP contribution < -0.4 is 0 Å². The molecule has 0 bridgehead atoms. The molecule has 0 radical (unpaired) electrons. The van der Waals surface area contributed by atoms with Crippen LogP contribution in [0.25, 0.3) is 10.8 Å². The van der Waals surface area contributed by atoms with Gasteiger partial charge in [-0.2, -0.15) is 0 Å². The van der Waals surface area contributed by atoms with Crippen molar-refractivity contribution in [3.63, 3.8) is 0 Å². The minimum atomic E-state index is -0.768. The molecule has 5 nitrogen and oxygen atoms in total. The van der Waals surface area contributed by atoms with Crippen LogP contribution in [0.3, 0.4) is 0 Å². The summed E-state index contributed by atoms with van der Waals surface area (Å²) in [5.74, 6) is 0.345. The normalized spacial score (nSPS) is 10.7. The lowest BCUT2D eigenvalue weighted by Gasteiger charge is -1.93. The standard InChI is InChI=1S/C12H14N2O3S/c1-8-6-7-9(18-8)12-14-13-10(17-12)4-2-3-5-11(15)16/h6-7H,2-5H2,1H3,(H,15,16). The van der Waals surface area contributed by atoms with E-state index in [9.17, 15) is 4.79 Å². The lowest BCUT2D eigenvalue weighted by atomic mass is 10.2. The molecule has 1 N–H and O–H groups in total. The first-order valence-electron chi connectivity index (χ1n) is 5.76. The van der Waals surface area contributed by atoms with Crippen molar-refractivity contribution in [2.24, 2.45) is 0 Å². The van der Waals surface area contributed by atoms with Gasteiger partial charge in [-0.25, -0.2) is 0 Å². The lowest BCUT2D eigenvalue weighted by molar-refractivity contribution is -0.137. The number of carboxylic acid groups (broad SMARTS) is 1. The van der Waals surface area contributed by atoms with Gasteiger partial charge in [0.05, 0.1) is 4.88 Å². The lowest BCUT2D eigenvalue weighted by Crippen LogP contribution is -1.95. The zero-order chi connectivity index (χ0) is 13.0. The summed E-state index contributed by atoms with van der Waals surface area (Å²) in [6.45, 7) is 2.03. The maximum atomic E-state index is 10.4. The summed E-state index contributed by atoms with van der Waals surface area (Å²) in [5.41, 5.74) is 0. The highest BCUT2D eigenvalue weighted by Crippen LogP contribution is 2.26. The molecular formula is C12H14N2O3S.